The summed E-state index contributed by atoms with van der Waals surface area (Å²) in [5.41, 5.74) is -2.52. The highest BCUT2D eigenvalue weighted by atomic mass is 16.7. The molecule has 0 aromatic carbocycles. The fourth-order valence-corrected chi connectivity index (χ4v) is 6.43. The van der Waals surface area contributed by atoms with E-state index >= 15 is 0 Å². The smallest absolute Gasteiger partial charge is 0.410 e. The number of esters is 1. The second-order valence-corrected chi connectivity index (χ2v) is 12.4. The Morgan fingerprint density at radius 2 is 1.73 bits per heavy atom. The van der Waals surface area contributed by atoms with Crippen molar-refractivity contribution in [3.8, 4) is 0 Å². The van der Waals surface area contributed by atoms with Crippen molar-refractivity contribution in [3.63, 3.8) is 0 Å². The number of likely N-dealkylation sites (N-methyl/N-ethyl adjacent to an activating group) is 1. The van der Waals surface area contributed by atoms with Gasteiger partial charge in [0.2, 0.25) is 0 Å². The molecule has 232 valence electrons. The molecule has 0 saturated carbocycles. The number of ether oxygens (including phenoxy) is 5. The Labute approximate surface area is 242 Å². The molecule has 11 heteroatoms. The van der Waals surface area contributed by atoms with Crippen molar-refractivity contribution in [2.75, 3.05) is 14.2 Å². The molecule has 0 aromatic rings. The SMILES string of the molecule is CC[C@H]1OC(=O)[C@H](C)C(=O)[C@H](C)[C@@H](OC2O[C@H](C)C[C@H]3C2OC(=O)N3C)[C@](C)(OC)C[C@@H](C)C(=O)/C(C)=C/[C@]1(C)O. The fourth-order valence-electron chi connectivity index (χ4n) is 6.43. The lowest BCUT2D eigenvalue weighted by atomic mass is 9.77. The second kappa shape index (κ2) is 12.5. The third-order valence-electron chi connectivity index (χ3n) is 8.98. The van der Waals surface area contributed by atoms with Gasteiger partial charge >= 0.3 is 12.1 Å². The van der Waals surface area contributed by atoms with Gasteiger partial charge in [0, 0.05) is 26.0 Å². The largest absolute Gasteiger partial charge is 0.458 e. The van der Waals surface area contributed by atoms with E-state index in [1.807, 2.05) is 6.92 Å². The standard InChI is InChI=1S/C30H47NO10/c1-11-21-29(7,36)13-15(2)22(32)16(3)14-30(8,37-10)25(18(5)23(33)19(6)26(34)39-21)41-27-24-20(12-17(4)38-27)31(9)28(35)40-24/h13,16-21,24-25,27,36H,11-12,14H2,1-10H3/b15-13+/t16-,17-,18+,19-,20+,21-,24?,25-,27?,29+,30-/m1/s1. The zero-order chi connectivity index (χ0) is 31.0. The molecule has 11 atom stereocenters. The molecule has 0 aliphatic carbocycles. The first-order chi connectivity index (χ1) is 19.0. The third kappa shape index (κ3) is 6.68. The molecule has 11 nitrogen and oxygen atoms in total. The lowest BCUT2D eigenvalue weighted by Crippen LogP contribution is -2.57. The van der Waals surface area contributed by atoms with Crippen LogP contribution in [0.1, 0.15) is 74.7 Å². The van der Waals surface area contributed by atoms with Gasteiger partial charge < -0.3 is 33.7 Å². The Bertz CT molecular complexity index is 1060. The van der Waals surface area contributed by atoms with Gasteiger partial charge in [-0.2, -0.15) is 0 Å². The Hall–Kier alpha value is -2.34. The van der Waals surface area contributed by atoms with Crippen LogP contribution in [0.3, 0.4) is 0 Å². The third-order valence-corrected chi connectivity index (χ3v) is 8.98. The van der Waals surface area contributed by atoms with Gasteiger partial charge in [0.05, 0.1) is 23.9 Å². The van der Waals surface area contributed by atoms with Gasteiger partial charge in [0.15, 0.2) is 24.0 Å². The summed E-state index contributed by atoms with van der Waals surface area (Å²) in [6, 6.07) is -0.282. The van der Waals surface area contributed by atoms with Crippen LogP contribution in [0.4, 0.5) is 4.79 Å². The number of carbonyl (C=O) groups excluding carboxylic acids is 4. The van der Waals surface area contributed by atoms with Crippen LogP contribution in [0.25, 0.3) is 0 Å². The van der Waals surface area contributed by atoms with E-state index < -0.39 is 71.4 Å². The molecule has 41 heavy (non-hydrogen) atoms. The molecular weight excluding hydrogens is 534 g/mol. The Kier molecular flexibility index (Phi) is 10.1. The number of fused-ring (bicyclic) bond motifs is 1. The number of ketones is 2. The quantitative estimate of drug-likeness (QED) is 0.389. The van der Waals surface area contributed by atoms with Crippen LogP contribution in [-0.4, -0.2) is 95.7 Å². The second-order valence-electron chi connectivity index (χ2n) is 12.4. The molecule has 0 radical (unpaired) electrons. The van der Waals surface area contributed by atoms with E-state index in [0.717, 1.165) is 0 Å². The average molecular weight is 582 g/mol. The van der Waals surface area contributed by atoms with E-state index in [0.29, 0.717) is 12.0 Å². The summed E-state index contributed by atoms with van der Waals surface area (Å²) >= 11 is 0. The van der Waals surface area contributed by atoms with Crippen LogP contribution in [0.15, 0.2) is 11.6 Å². The normalized spacial score (nSPS) is 44.4. The molecule has 2 saturated heterocycles. The van der Waals surface area contributed by atoms with Gasteiger partial charge in [-0.3, -0.25) is 14.4 Å². The van der Waals surface area contributed by atoms with Gasteiger partial charge in [-0.25, -0.2) is 4.79 Å². The number of carbonyl (C=O) groups is 4. The topological polar surface area (TPSA) is 138 Å². The maximum Gasteiger partial charge on any atom is 0.410 e. The molecule has 2 unspecified atom stereocenters. The number of allylic oxidation sites excluding steroid dienone is 1. The highest BCUT2D eigenvalue weighted by Gasteiger charge is 2.53. The highest BCUT2D eigenvalue weighted by Crippen LogP contribution is 2.39. The maximum absolute atomic E-state index is 13.8. The van der Waals surface area contributed by atoms with Crippen molar-refractivity contribution in [1.82, 2.24) is 4.90 Å². The van der Waals surface area contributed by atoms with E-state index in [1.165, 1.54) is 31.9 Å². The van der Waals surface area contributed by atoms with Crippen LogP contribution in [0.2, 0.25) is 0 Å². The van der Waals surface area contributed by atoms with Crippen molar-refractivity contribution >= 4 is 23.6 Å². The minimum absolute atomic E-state index is 0.157. The average Bonchev–Trinajstić information content (AvgIpc) is 3.20. The molecule has 0 bridgehead atoms. The zero-order valence-electron chi connectivity index (χ0n) is 26.0. The van der Waals surface area contributed by atoms with Gasteiger partial charge in [-0.15, -0.1) is 0 Å². The fraction of sp³-hybridized carbons (Fsp3) is 0.800. The molecule has 1 amide bonds. The first-order valence-corrected chi connectivity index (χ1v) is 14.5. The van der Waals surface area contributed by atoms with E-state index in [4.69, 9.17) is 23.7 Å². The van der Waals surface area contributed by atoms with E-state index in [9.17, 15) is 24.3 Å². The number of methoxy groups -OCH3 is 1. The molecule has 3 rings (SSSR count). The predicted octanol–water partition coefficient (Wildman–Crippen LogP) is 3.20. The zero-order valence-corrected chi connectivity index (χ0v) is 26.0. The van der Waals surface area contributed by atoms with E-state index in [-0.39, 0.29) is 30.8 Å². The van der Waals surface area contributed by atoms with Crippen molar-refractivity contribution in [1.29, 1.82) is 0 Å². The number of hydrogen-bond donors (Lipinski definition) is 1. The van der Waals surface area contributed by atoms with Gasteiger partial charge in [0.25, 0.3) is 0 Å². The van der Waals surface area contributed by atoms with Gasteiger partial charge in [-0.05, 0) is 65.5 Å². The van der Waals surface area contributed by atoms with Crippen molar-refractivity contribution in [2.24, 2.45) is 17.8 Å². The van der Waals surface area contributed by atoms with Crippen LogP contribution < -0.4 is 0 Å². The molecule has 1 N–H and O–H groups in total. The molecule has 0 aromatic heterocycles. The first-order valence-electron chi connectivity index (χ1n) is 14.5. The molecular formula is C30H47NO10. The van der Waals surface area contributed by atoms with Crippen molar-refractivity contribution in [2.45, 2.75) is 123 Å². The van der Waals surface area contributed by atoms with Crippen LogP contribution in [0.5, 0.6) is 0 Å². The van der Waals surface area contributed by atoms with Crippen LogP contribution in [0, 0.1) is 17.8 Å². The van der Waals surface area contributed by atoms with E-state index in [1.54, 1.807) is 41.7 Å². The summed E-state index contributed by atoms with van der Waals surface area (Å²) in [6.07, 6.45) is -2.09. The number of amides is 1. The van der Waals surface area contributed by atoms with Gasteiger partial charge in [-0.1, -0.05) is 20.8 Å². The Morgan fingerprint density at radius 1 is 1.10 bits per heavy atom. The van der Waals surface area contributed by atoms with Gasteiger partial charge in [0.1, 0.15) is 17.6 Å². The lowest BCUT2D eigenvalue weighted by molar-refractivity contribution is -0.284. The minimum Gasteiger partial charge on any atom is -0.458 e. The number of hydrogen-bond acceptors (Lipinski definition) is 10. The van der Waals surface area contributed by atoms with Crippen molar-refractivity contribution in [3.05, 3.63) is 11.6 Å². The summed E-state index contributed by atoms with van der Waals surface area (Å²) in [5, 5.41) is 11.2. The Morgan fingerprint density at radius 3 is 2.32 bits per heavy atom. The number of rotatable bonds is 4. The predicted molar refractivity (Wildman–Crippen MR) is 148 cm³/mol. The van der Waals surface area contributed by atoms with Crippen LogP contribution in [-0.2, 0) is 38.1 Å². The summed E-state index contributed by atoms with van der Waals surface area (Å²) in [6.45, 7) is 13.3. The Balaban J connectivity index is 2.08. The lowest BCUT2D eigenvalue weighted by Gasteiger charge is -2.45. The first kappa shape index (κ1) is 33.2. The number of nitrogens with zero attached hydrogens (tertiary/aromatic N) is 1. The van der Waals surface area contributed by atoms with Crippen LogP contribution >= 0.6 is 0 Å². The molecule has 2 fully saturated rings. The number of aliphatic hydroxyl groups is 1. The molecule has 3 aliphatic rings. The summed E-state index contributed by atoms with van der Waals surface area (Å²) in [7, 11) is 3.13. The monoisotopic (exact) mass is 581 g/mol. The molecule has 0 spiro atoms. The van der Waals surface area contributed by atoms with Crippen molar-refractivity contribution < 1.29 is 48.0 Å². The minimum atomic E-state index is -1.63. The maximum atomic E-state index is 13.8. The molecule has 3 aliphatic heterocycles. The summed E-state index contributed by atoms with van der Waals surface area (Å²) < 4.78 is 29.9. The highest BCUT2D eigenvalue weighted by molar-refractivity contribution is 6.00. The van der Waals surface area contributed by atoms with E-state index in [2.05, 4.69) is 0 Å². The molecule has 3 heterocycles. The number of Topliss-reactive ketones (excluding diaryl/α,β-unsaturated/α-hetero) is 2. The summed E-state index contributed by atoms with van der Waals surface area (Å²) in [4.78, 5) is 54.4. The summed E-state index contributed by atoms with van der Waals surface area (Å²) in [5.74, 6) is -4.16. The number of cyclic esters (lactones) is 1.